The Morgan fingerprint density at radius 3 is 2.43 bits per heavy atom. The van der Waals surface area contributed by atoms with E-state index in [-0.39, 0.29) is 35.8 Å². The monoisotopic (exact) mass is 452 g/mol. The SMILES string of the molecule is CC1CN(C(=O)C2CCN(C(=O)/C=C/c3cc(Br)ccc3F)CC2)CC(C)O1. The fourth-order valence-electron chi connectivity index (χ4n) is 3.87. The van der Waals surface area contributed by atoms with Gasteiger partial charge in [-0.05, 0) is 51.0 Å². The van der Waals surface area contributed by atoms with Crippen LogP contribution in [-0.2, 0) is 14.3 Å². The van der Waals surface area contributed by atoms with Gasteiger partial charge in [0.25, 0.3) is 0 Å². The number of amides is 2. The quantitative estimate of drug-likeness (QED) is 0.659. The van der Waals surface area contributed by atoms with E-state index < -0.39 is 0 Å². The topological polar surface area (TPSA) is 49.9 Å². The van der Waals surface area contributed by atoms with E-state index in [1.54, 1.807) is 17.0 Å². The second-order valence-corrected chi connectivity index (χ2v) is 8.51. The maximum atomic E-state index is 13.8. The minimum absolute atomic E-state index is 0.0481. The summed E-state index contributed by atoms with van der Waals surface area (Å²) in [7, 11) is 0. The number of carbonyl (C=O) groups is 2. The highest BCUT2D eigenvalue weighted by molar-refractivity contribution is 9.10. The van der Waals surface area contributed by atoms with Gasteiger partial charge in [0.1, 0.15) is 5.82 Å². The molecule has 0 N–H and O–H groups in total. The molecule has 2 unspecified atom stereocenters. The Hall–Kier alpha value is -1.73. The van der Waals surface area contributed by atoms with Crippen LogP contribution in [0.5, 0.6) is 0 Å². The van der Waals surface area contributed by atoms with Crippen molar-refractivity contribution in [3.63, 3.8) is 0 Å². The Labute approximate surface area is 173 Å². The molecule has 2 amide bonds. The lowest BCUT2D eigenvalue weighted by Crippen LogP contribution is -2.51. The number of likely N-dealkylation sites (tertiary alicyclic amines) is 1. The lowest BCUT2D eigenvalue weighted by atomic mass is 9.94. The second-order valence-electron chi connectivity index (χ2n) is 7.60. The van der Waals surface area contributed by atoms with E-state index in [4.69, 9.17) is 4.74 Å². The highest BCUT2D eigenvalue weighted by Gasteiger charge is 2.33. The lowest BCUT2D eigenvalue weighted by Gasteiger charge is -2.39. The molecule has 0 aromatic heterocycles. The van der Waals surface area contributed by atoms with Gasteiger partial charge < -0.3 is 14.5 Å². The third-order valence-electron chi connectivity index (χ3n) is 5.25. The minimum atomic E-state index is -0.370. The predicted octanol–water partition coefficient (Wildman–Crippen LogP) is 3.48. The number of rotatable bonds is 3. The summed E-state index contributed by atoms with van der Waals surface area (Å²) in [5.41, 5.74) is 0.364. The number of benzene rings is 1. The molecule has 0 saturated carbocycles. The molecule has 0 bridgehead atoms. The zero-order valence-electron chi connectivity index (χ0n) is 16.2. The molecule has 1 aromatic carbocycles. The van der Waals surface area contributed by atoms with Crippen LogP contribution < -0.4 is 0 Å². The number of piperidine rings is 1. The smallest absolute Gasteiger partial charge is 0.246 e. The number of hydrogen-bond donors (Lipinski definition) is 0. The molecule has 5 nitrogen and oxygen atoms in total. The van der Waals surface area contributed by atoms with E-state index in [0.717, 1.165) is 4.47 Å². The maximum absolute atomic E-state index is 13.8. The van der Waals surface area contributed by atoms with Gasteiger partial charge in [-0.25, -0.2) is 4.39 Å². The van der Waals surface area contributed by atoms with E-state index in [1.165, 1.54) is 18.2 Å². The van der Waals surface area contributed by atoms with E-state index in [1.807, 2.05) is 18.7 Å². The molecule has 2 aliphatic heterocycles. The molecule has 3 rings (SSSR count). The fourth-order valence-corrected chi connectivity index (χ4v) is 4.25. The first-order valence-electron chi connectivity index (χ1n) is 9.69. The first-order valence-corrected chi connectivity index (χ1v) is 10.5. The van der Waals surface area contributed by atoms with Gasteiger partial charge in [0.05, 0.1) is 12.2 Å². The molecular formula is C21H26BrFN2O3. The van der Waals surface area contributed by atoms with Crippen LogP contribution in [0.1, 0.15) is 32.3 Å². The van der Waals surface area contributed by atoms with Crippen LogP contribution >= 0.6 is 15.9 Å². The van der Waals surface area contributed by atoms with Crippen LogP contribution in [0.3, 0.4) is 0 Å². The first kappa shape index (κ1) is 21.0. The summed E-state index contributed by atoms with van der Waals surface area (Å²) in [6.07, 6.45) is 4.32. The summed E-state index contributed by atoms with van der Waals surface area (Å²) in [5, 5.41) is 0. The second kappa shape index (κ2) is 9.18. The number of halogens is 2. The molecule has 7 heteroatoms. The normalized spacial score (nSPS) is 24.0. The summed E-state index contributed by atoms with van der Waals surface area (Å²) in [6.45, 7) is 6.30. The standard InChI is InChI=1S/C21H26BrFN2O3/c1-14-12-25(13-15(2)28-14)21(27)16-7-9-24(10-8-16)20(26)6-3-17-11-18(22)4-5-19(17)23/h3-6,11,14-16H,7-10,12-13H2,1-2H3/b6-3+. The van der Waals surface area contributed by atoms with Crippen LogP contribution in [0.4, 0.5) is 4.39 Å². The Morgan fingerprint density at radius 2 is 1.79 bits per heavy atom. The number of nitrogens with zero attached hydrogens (tertiary/aromatic N) is 2. The molecule has 1 aromatic rings. The van der Waals surface area contributed by atoms with Gasteiger partial charge in [-0.1, -0.05) is 15.9 Å². The molecule has 0 aliphatic carbocycles. The van der Waals surface area contributed by atoms with Crippen LogP contribution in [0, 0.1) is 11.7 Å². The number of carbonyl (C=O) groups excluding carboxylic acids is 2. The molecule has 0 spiro atoms. The largest absolute Gasteiger partial charge is 0.372 e. The third kappa shape index (κ3) is 5.20. The van der Waals surface area contributed by atoms with E-state index >= 15 is 0 Å². The molecular weight excluding hydrogens is 427 g/mol. The van der Waals surface area contributed by atoms with Crippen molar-refractivity contribution in [2.24, 2.45) is 5.92 Å². The molecule has 152 valence electrons. The Kier molecular flexibility index (Phi) is 6.88. The summed E-state index contributed by atoms with van der Waals surface area (Å²) < 4.78 is 20.2. The Balaban J connectivity index is 1.53. The number of hydrogen-bond acceptors (Lipinski definition) is 3. The molecule has 2 atom stereocenters. The van der Waals surface area contributed by atoms with Crippen molar-refractivity contribution in [2.75, 3.05) is 26.2 Å². The minimum Gasteiger partial charge on any atom is -0.372 e. The average Bonchev–Trinajstić information content (AvgIpc) is 2.67. The highest BCUT2D eigenvalue weighted by Crippen LogP contribution is 2.23. The van der Waals surface area contributed by atoms with Crippen LogP contribution in [0.25, 0.3) is 6.08 Å². The van der Waals surface area contributed by atoms with Gasteiger partial charge in [-0.3, -0.25) is 9.59 Å². The van der Waals surface area contributed by atoms with Crippen LogP contribution in [0.15, 0.2) is 28.7 Å². The summed E-state index contributed by atoms with van der Waals surface area (Å²) in [6, 6.07) is 4.61. The summed E-state index contributed by atoms with van der Waals surface area (Å²) in [5.74, 6) is -0.404. The first-order chi connectivity index (χ1) is 13.3. The number of morpholine rings is 1. The molecule has 2 heterocycles. The fraction of sp³-hybridized carbons (Fsp3) is 0.524. The summed E-state index contributed by atoms with van der Waals surface area (Å²) in [4.78, 5) is 28.9. The Bertz CT molecular complexity index is 752. The van der Waals surface area contributed by atoms with Gasteiger partial charge in [-0.15, -0.1) is 0 Å². The van der Waals surface area contributed by atoms with Crippen LogP contribution in [0.2, 0.25) is 0 Å². The van der Waals surface area contributed by atoms with Crippen molar-refractivity contribution in [1.82, 2.24) is 9.80 Å². The zero-order valence-corrected chi connectivity index (χ0v) is 17.8. The van der Waals surface area contributed by atoms with Crippen LogP contribution in [-0.4, -0.2) is 60.0 Å². The molecule has 2 fully saturated rings. The van der Waals surface area contributed by atoms with Crippen molar-refractivity contribution >= 4 is 33.8 Å². The zero-order chi connectivity index (χ0) is 20.3. The van der Waals surface area contributed by atoms with Crippen molar-refractivity contribution in [1.29, 1.82) is 0 Å². The Morgan fingerprint density at radius 1 is 1.14 bits per heavy atom. The lowest BCUT2D eigenvalue weighted by molar-refractivity contribution is -0.149. The van der Waals surface area contributed by atoms with Crippen molar-refractivity contribution in [2.45, 2.75) is 38.9 Å². The van der Waals surface area contributed by atoms with Gasteiger partial charge >= 0.3 is 0 Å². The van der Waals surface area contributed by atoms with Gasteiger partial charge in [0.15, 0.2) is 0 Å². The molecule has 0 radical (unpaired) electrons. The van der Waals surface area contributed by atoms with Crippen molar-refractivity contribution < 1.29 is 18.7 Å². The highest BCUT2D eigenvalue weighted by atomic mass is 79.9. The van der Waals surface area contributed by atoms with Gasteiger partial charge in [0, 0.05) is 48.2 Å². The van der Waals surface area contributed by atoms with E-state index in [2.05, 4.69) is 15.9 Å². The molecule has 28 heavy (non-hydrogen) atoms. The van der Waals surface area contributed by atoms with Crippen molar-refractivity contribution in [3.8, 4) is 0 Å². The number of ether oxygens (including phenoxy) is 1. The predicted molar refractivity (Wildman–Crippen MR) is 109 cm³/mol. The third-order valence-corrected chi connectivity index (χ3v) is 5.74. The van der Waals surface area contributed by atoms with Gasteiger partial charge in [0.2, 0.25) is 11.8 Å². The van der Waals surface area contributed by atoms with E-state index in [9.17, 15) is 14.0 Å². The molecule has 2 saturated heterocycles. The maximum Gasteiger partial charge on any atom is 0.246 e. The van der Waals surface area contributed by atoms with Crippen molar-refractivity contribution in [3.05, 3.63) is 40.1 Å². The van der Waals surface area contributed by atoms with E-state index in [0.29, 0.717) is 44.6 Å². The van der Waals surface area contributed by atoms with Gasteiger partial charge in [-0.2, -0.15) is 0 Å². The summed E-state index contributed by atoms with van der Waals surface area (Å²) >= 11 is 3.30. The average molecular weight is 453 g/mol. The molecule has 2 aliphatic rings.